The summed E-state index contributed by atoms with van der Waals surface area (Å²) < 4.78 is 0. The van der Waals surface area contributed by atoms with Crippen LogP contribution in [0.5, 0.6) is 0 Å². The van der Waals surface area contributed by atoms with E-state index >= 15 is 0 Å². The Morgan fingerprint density at radius 3 is 3.00 bits per heavy atom. The van der Waals surface area contributed by atoms with Crippen molar-refractivity contribution in [3.8, 4) is 6.07 Å². The number of nitrogens with two attached hydrogens (primary N) is 1. The molecule has 1 rings (SSSR count). The van der Waals surface area contributed by atoms with Gasteiger partial charge in [-0.1, -0.05) is 12.1 Å². The minimum atomic E-state index is -0.272. The molecule has 0 aliphatic rings. The molecule has 0 saturated carbocycles. The van der Waals surface area contributed by atoms with Crippen LogP contribution in [0.1, 0.15) is 36.9 Å². The topological polar surface area (TPSA) is 78.9 Å². The molecule has 3 N–H and O–H groups in total. The molecule has 4 heteroatoms. The van der Waals surface area contributed by atoms with Crippen LogP contribution in [0.2, 0.25) is 0 Å². The van der Waals surface area contributed by atoms with Crippen LogP contribution in [-0.2, 0) is 4.79 Å². The minimum absolute atomic E-state index is 0.163. The molecule has 1 aromatic carbocycles. The second-order valence-electron chi connectivity index (χ2n) is 3.98. The molecule has 0 saturated heterocycles. The van der Waals surface area contributed by atoms with Gasteiger partial charge < -0.3 is 11.1 Å². The standard InChI is InChI=1S/C13H17N3O/c1-10(16-7-3-6-13(15)17)12-5-2-4-11(8-12)9-14/h2,4-5,8,10,16H,3,6-7H2,1H3,(H2,15,17). The van der Waals surface area contributed by atoms with Crippen molar-refractivity contribution >= 4 is 5.91 Å². The van der Waals surface area contributed by atoms with Crippen molar-refractivity contribution in [2.75, 3.05) is 6.54 Å². The number of nitrogens with zero attached hydrogens (tertiary/aromatic N) is 1. The Labute approximate surface area is 101 Å². The maximum absolute atomic E-state index is 10.6. The van der Waals surface area contributed by atoms with Crippen LogP contribution in [0.4, 0.5) is 0 Å². The van der Waals surface area contributed by atoms with Crippen molar-refractivity contribution in [1.29, 1.82) is 5.26 Å². The smallest absolute Gasteiger partial charge is 0.217 e. The van der Waals surface area contributed by atoms with Gasteiger partial charge in [-0.25, -0.2) is 0 Å². The summed E-state index contributed by atoms with van der Waals surface area (Å²) in [6, 6.07) is 9.78. The van der Waals surface area contributed by atoms with E-state index in [1.165, 1.54) is 0 Å². The SMILES string of the molecule is CC(NCCCC(N)=O)c1cccc(C#N)c1. The van der Waals surface area contributed by atoms with Crippen molar-refractivity contribution in [1.82, 2.24) is 5.32 Å². The minimum Gasteiger partial charge on any atom is -0.370 e. The molecule has 0 radical (unpaired) electrons. The zero-order valence-electron chi connectivity index (χ0n) is 9.94. The highest BCUT2D eigenvalue weighted by molar-refractivity contribution is 5.73. The van der Waals surface area contributed by atoms with E-state index in [1.807, 2.05) is 25.1 Å². The number of benzene rings is 1. The van der Waals surface area contributed by atoms with E-state index in [2.05, 4.69) is 11.4 Å². The molecule has 1 aromatic rings. The third-order valence-corrected chi connectivity index (χ3v) is 2.57. The quantitative estimate of drug-likeness (QED) is 0.728. The van der Waals surface area contributed by atoms with Gasteiger partial charge in [-0.15, -0.1) is 0 Å². The third kappa shape index (κ3) is 4.66. The summed E-state index contributed by atoms with van der Waals surface area (Å²) in [4.78, 5) is 10.6. The van der Waals surface area contributed by atoms with E-state index in [9.17, 15) is 4.79 Å². The molecule has 1 atom stereocenters. The molecule has 90 valence electrons. The summed E-state index contributed by atoms with van der Waals surface area (Å²) in [7, 11) is 0. The van der Waals surface area contributed by atoms with E-state index in [4.69, 9.17) is 11.0 Å². The summed E-state index contributed by atoms with van der Waals surface area (Å²) in [6.07, 6.45) is 1.13. The number of hydrogen-bond acceptors (Lipinski definition) is 3. The van der Waals surface area contributed by atoms with Crippen LogP contribution in [-0.4, -0.2) is 12.5 Å². The van der Waals surface area contributed by atoms with E-state index < -0.39 is 0 Å². The fraction of sp³-hybridized carbons (Fsp3) is 0.385. The zero-order valence-corrected chi connectivity index (χ0v) is 9.94. The van der Waals surface area contributed by atoms with E-state index in [1.54, 1.807) is 6.07 Å². The molecule has 0 spiro atoms. The molecular formula is C13H17N3O. The summed E-state index contributed by atoms with van der Waals surface area (Å²) in [6.45, 7) is 2.77. The second kappa shape index (κ2) is 6.66. The van der Waals surface area contributed by atoms with Gasteiger partial charge >= 0.3 is 0 Å². The summed E-state index contributed by atoms with van der Waals surface area (Å²) in [5.41, 5.74) is 6.79. The van der Waals surface area contributed by atoms with Crippen molar-refractivity contribution in [3.05, 3.63) is 35.4 Å². The molecule has 1 amide bonds. The fourth-order valence-electron chi connectivity index (χ4n) is 1.58. The van der Waals surface area contributed by atoms with Crippen molar-refractivity contribution < 1.29 is 4.79 Å². The van der Waals surface area contributed by atoms with Crippen LogP contribution < -0.4 is 11.1 Å². The van der Waals surface area contributed by atoms with Gasteiger partial charge in [0.25, 0.3) is 0 Å². The lowest BCUT2D eigenvalue weighted by atomic mass is 10.1. The Morgan fingerprint density at radius 1 is 1.59 bits per heavy atom. The first-order chi connectivity index (χ1) is 8.13. The van der Waals surface area contributed by atoms with Gasteiger partial charge in [0.1, 0.15) is 0 Å². The lowest BCUT2D eigenvalue weighted by Crippen LogP contribution is -2.21. The summed E-state index contributed by atoms with van der Waals surface area (Å²) >= 11 is 0. The largest absolute Gasteiger partial charge is 0.370 e. The van der Waals surface area contributed by atoms with Crippen molar-refractivity contribution in [2.24, 2.45) is 5.73 Å². The molecule has 4 nitrogen and oxygen atoms in total. The average molecular weight is 231 g/mol. The highest BCUT2D eigenvalue weighted by Crippen LogP contribution is 2.13. The zero-order chi connectivity index (χ0) is 12.7. The number of rotatable bonds is 6. The number of nitriles is 1. The fourth-order valence-corrected chi connectivity index (χ4v) is 1.58. The highest BCUT2D eigenvalue weighted by atomic mass is 16.1. The molecule has 0 aromatic heterocycles. The molecule has 0 heterocycles. The number of carbonyl (C=O) groups is 1. The molecule has 0 fully saturated rings. The van der Waals surface area contributed by atoms with E-state index in [-0.39, 0.29) is 11.9 Å². The Balaban J connectivity index is 2.44. The Hall–Kier alpha value is -1.86. The lowest BCUT2D eigenvalue weighted by molar-refractivity contribution is -0.118. The average Bonchev–Trinajstić information content (AvgIpc) is 2.34. The molecular weight excluding hydrogens is 214 g/mol. The number of primary amides is 1. The molecule has 0 aliphatic heterocycles. The van der Waals surface area contributed by atoms with Crippen LogP contribution in [0, 0.1) is 11.3 Å². The number of hydrogen-bond donors (Lipinski definition) is 2. The third-order valence-electron chi connectivity index (χ3n) is 2.57. The molecule has 1 unspecified atom stereocenters. The van der Waals surface area contributed by atoms with Crippen molar-refractivity contribution in [2.45, 2.75) is 25.8 Å². The summed E-state index contributed by atoms with van der Waals surface area (Å²) in [5, 5.41) is 12.1. The van der Waals surface area contributed by atoms with Gasteiger partial charge in [-0.3, -0.25) is 4.79 Å². The van der Waals surface area contributed by atoms with Gasteiger partial charge in [0, 0.05) is 12.5 Å². The van der Waals surface area contributed by atoms with Gasteiger partial charge in [0.15, 0.2) is 0 Å². The number of carbonyl (C=O) groups excluding carboxylic acids is 1. The van der Waals surface area contributed by atoms with Crippen LogP contribution in [0.3, 0.4) is 0 Å². The highest BCUT2D eigenvalue weighted by Gasteiger charge is 2.05. The maximum atomic E-state index is 10.6. The van der Waals surface area contributed by atoms with Gasteiger partial charge in [0.2, 0.25) is 5.91 Å². The Bertz CT molecular complexity index is 423. The van der Waals surface area contributed by atoms with E-state index in [0.29, 0.717) is 12.0 Å². The van der Waals surface area contributed by atoms with Crippen LogP contribution >= 0.6 is 0 Å². The van der Waals surface area contributed by atoms with Crippen LogP contribution in [0.15, 0.2) is 24.3 Å². The van der Waals surface area contributed by atoms with Crippen molar-refractivity contribution in [3.63, 3.8) is 0 Å². The maximum Gasteiger partial charge on any atom is 0.217 e. The monoisotopic (exact) mass is 231 g/mol. The Kier molecular flexibility index (Phi) is 5.18. The molecule has 0 bridgehead atoms. The second-order valence-corrected chi connectivity index (χ2v) is 3.98. The predicted octanol–water partition coefficient (Wildman–Crippen LogP) is 1.47. The van der Waals surface area contributed by atoms with Gasteiger partial charge in [-0.2, -0.15) is 5.26 Å². The summed E-state index contributed by atoms with van der Waals surface area (Å²) in [5.74, 6) is -0.272. The van der Waals surface area contributed by atoms with E-state index in [0.717, 1.165) is 18.5 Å². The first kappa shape index (κ1) is 13.2. The molecule has 17 heavy (non-hydrogen) atoms. The molecule has 0 aliphatic carbocycles. The van der Waals surface area contributed by atoms with Gasteiger partial charge in [-0.05, 0) is 37.6 Å². The first-order valence-electron chi connectivity index (χ1n) is 5.65. The normalized spacial score (nSPS) is 11.8. The Morgan fingerprint density at radius 2 is 2.35 bits per heavy atom. The van der Waals surface area contributed by atoms with Gasteiger partial charge in [0.05, 0.1) is 11.6 Å². The lowest BCUT2D eigenvalue weighted by Gasteiger charge is -2.14. The number of nitrogens with one attached hydrogen (secondary N) is 1. The first-order valence-corrected chi connectivity index (χ1v) is 5.65. The number of amides is 1. The van der Waals surface area contributed by atoms with Crippen LogP contribution in [0.25, 0.3) is 0 Å². The predicted molar refractivity (Wildman–Crippen MR) is 66.0 cm³/mol.